The van der Waals surface area contributed by atoms with E-state index in [9.17, 15) is 9.59 Å². The van der Waals surface area contributed by atoms with Gasteiger partial charge in [0.25, 0.3) is 0 Å². The summed E-state index contributed by atoms with van der Waals surface area (Å²) in [5.74, 6) is -0.143. The van der Waals surface area contributed by atoms with Gasteiger partial charge in [0.15, 0.2) is 5.43 Å². The molecule has 0 bridgehead atoms. The number of carbonyl (C=O) groups is 1. The van der Waals surface area contributed by atoms with Crippen LogP contribution >= 0.6 is 0 Å². The van der Waals surface area contributed by atoms with Gasteiger partial charge in [-0.3, -0.25) is 4.79 Å². The van der Waals surface area contributed by atoms with E-state index >= 15 is 0 Å². The van der Waals surface area contributed by atoms with Crippen molar-refractivity contribution in [2.75, 3.05) is 6.61 Å². The van der Waals surface area contributed by atoms with E-state index in [1.165, 1.54) is 6.07 Å². The monoisotopic (exact) mass is 259 g/mol. The second-order valence-corrected chi connectivity index (χ2v) is 4.73. The van der Waals surface area contributed by atoms with Crippen LogP contribution in [0.3, 0.4) is 0 Å². The van der Waals surface area contributed by atoms with Crippen molar-refractivity contribution in [3.63, 3.8) is 0 Å². The lowest BCUT2D eigenvalue weighted by molar-refractivity contribution is 0.0520. The third kappa shape index (κ3) is 2.67. The van der Waals surface area contributed by atoms with Crippen molar-refractivity contribution in [1.82, 2.24) is 4.98 Å². The van der Waals surface area contributed by atoms with Gasteiger partial charge in [0.05, 0.1) is 12.1 Å². The van der Waals surface area contributed by atoms with Crippen molar-refractivity contribution in [2.24, 2.45) is 0 Å². The second kappa shape index (κ2) is 5.26. The topological polar surface area (TPSA) is 59.2 Å². The van der Waals surface area contributed by atoms with Crippen molar-refractivity contribution in [3.8, 4) is 0 Å². The van der Waals surface area contributed by atoms with Crippen LogP contribution in [0.5, 0.6) is 0 Å². The number of H-pyrrole nitrogens is 1. The fourth-order valence-electron chi connectivity index (χ4n) is 1.95. The molecule has 0 spiro atoms. The molecule has 0 radical (unpaired) electrons. The highest BCUT2D eigenvalue weighted by molar-refractivity contribution is 5.91. The summed E-state index contributed by atoms with van der Waals surface area (Å²) in [5.41, 5.74) is 1.80. The first-order chi connectivity index (χ1) is 9.02. The maximum atomic E-state index is 12.0. The molecular formula is C15H17NO3. The lowest BCUT2D eigenvalue weighted by Gasteiger charge is -2.08. The van der Waals surface area contributed by atoms with E-state index in [1.807, 2.05) is 12.1 Å². The minimum absolute atomic E-state index is 0.174. The molecule has 0 unspecified atom stereocenters. The maximum Gasteiger partial charge on any atom is 0.354 e. The minimum Gasteiger partial charge on any atom is -0.461 e. The molecule has 19 heavy (non-hydrogen) atoms. The normalized spacial score (nSPS) is 10.9. The first-order valence-electron chi connectivity index (χ1n) is 6.37. The smallest absolute Gasteiger partial charge is 0.354 e. The Morgan fingerprint density at radius 1 is 1.32 bits per heavy atom. The first-order valence-corrected chi connectivity index (χ1v) is 6.37. The molecular weight excluding hydrogens is 242 g/mol. The van der Waals surface area contributed by atoms with E-state index in [0.717, 1.165) is 5.56 Å². The van der Waals surface area contributed by atoms with E-state index in [1.54, 1.807) is 13.0 Å². The molecule has 1 aromatic carbocycles. The lowest BCUT2D eigenvalue weighted by atomic mass is 10.0. The molecule has 1 aromatic heterocycles. The molecule has 0 fully saturated rings. The van der Waals surface area contributed by atoms with Crippen molar-refractivity contribution in [3.05, 3.63) is 45.7 Å². The second-order valence-electron chi connectivity index (χ2n) is 4.73. The average Bonchev–Trinajstić information content (AvgIpc) is 2.38. The standard InChI is InChI=1S/C15H17NO3/c1-4-19-15(18)13-8-14(17)11-6-5-10(9(2)3)7-12(11)16-13/h5-9H,4H2,1-3H3,(H,16,17). The molecule has 100 valence electrons. The number of hydrogen-bond donors (Lipinski definition) is 1. The van der Waals surface area contributed by atoms with E-state index in [0.29, 0.717) is 16.8 Å². The zero-order valence-corrected chi connectivity index (χ0v) is 11.3. The van der Waals surface area contributed by atoms with Crippen LogP contribution in [0, 0.1) is 0 Å². The quantitative estimate of drug-likeness (QED) is 0.862. The summed E-state index contributed by atoms with van der Waals surface area (Å²) in [6, 6.07) is 6.92. The number of aromatic nitrogens is 1. The Morgan fingerprint density at radius 3 is 2.68 bits per heavy atom. The summed E-state index contributed by atoms with van der Waals surface area (Å²) in [6.07, 6.45) is 0. The number of rotatable bonds is 3. The van der Waals surface area contributed by atoms with Crippen molar-refractivity contribution in [2.45, 2.75) is 26.7 Å². The molecule has 1 heterocycles. The van der Waals surface area contributed by atoms with Gasteiger partial charge in [0.1, 0.15) is 5.69 Å². The largest absolute Gasteiger partial charge is 0.461 e. The molecule has 0 atom stereocenters. The molecule has 0 aliphatic carbocycles. The number of ether oxygens (including phenoxy) is 1. The molecule has 4 heteroatoms. The highest BCUT2D eigenvalue weighted by Gasteiger charge is 2.11. The van der Waals surface area contributed by atoms with Gasteiger partial charge in [-0.15, -0.1) is 0 Å². The molecule has 2 aromatic rings. The Balaban J connectivity index is 2.59. The number of aromatic amines is 1. The Bertz CT molecular complexity index is 671. The molecule has 4 nitrogen and oxygen atoms in total. The van der Waals surface area contributed by atoms with Crippen LogP contribution in [0.2, 0.25) is 0 Å². The minimum atomic E-state index is -0.503. The van der Waals surface area contributed by atoms with Gasteiger partial charge in [-0.05, 0) is 30.5 Å². The Hall–Kier alpha value is -2.10. The Morgan fingerprint density at radius 2 is 2.05 bits per heavy atom. The van der Waals surface area contributed by atoms with Gasteiger partial charge < -0.3 is 9.72 Å². The summed E-state index contributed by atoms with van der Waals surface area (Å²) in [5, 5.41) is 0.581. The highest BCUT2D eigenvalue weighted by Crippen LogP contribution is 2.18. The molecule has 0 aliphatic rings. The summed E-state index contributed by atoms with van der Waals surface area (Å²) in [7, 11) is 0. The molecule has 0 saturated heterocycles. The molecule has 2 rings (SSSR count). The predicted octanol–water partition coefficient (Wildman–Crippen LogP) is 2.83. The zero-order valence-electron chi connectivity index (χ0n) is 11.3. The van der Waals surface area contributed by atoms with Crippen molar-refractivity contribution < 1.29 is 9.53 Å². The number of carbonyl (C=O) groups excluding carboxylic acids is 1. The van der Waals surface area contributed by atoms with Gasteiger partial charge in [0.2, 0.25) is 0 Å². The molecule has 1 N–H and O–H groups in total. The average molecular weight is 259 g/mol. The number of benzene rings is 1. The van der Waals surface area contributed by atoms with Crippen LogP contribution in [-0.4, -0.2) is 17.6 Å². The zero-order chi connectivity index (χ0) is 14.0. The van der Waals surface area contributed by atoms with Crippen LogP contribution in [0.1, 0.15) is 42.7 Å². The summed E-state index contributed by atoms with van der Waals surface area (Å²) >= 11 is 0. The van der Waals surface area contributed by atoms with E-state index in [4.69, 9.17) is 4.74 Å². The van der Waals surface area contributed by atoms with Crippen molar-refractivity contribution in [1.29, 1.82) is 0 Å². The fourth-order valence-corrected chi connectivity index (χ4v) is 1.95. The molecule has 0 aliphatic heterocycles. The van der Waals surface area contributed by atoms with Gasteiger partial charge in [-0.1, -0.05) is 19.9 Å². The van der Waals surface area contributed by atoms with E-state index in [-0.39, 0.29) is 17.7 Å². The number of fused-ring (bicyclic) bond motifs is 1. The van der Waals surface area contributed by atoms with Crippen LogP contribution < -0.4 is 5.43 Å². The first kappa shape index (κ1) is 13.3. The Kier molecular flexibility index (Phi) is 3.69. The van der Waals surface area contributed by atoms with Crippen LogP contribution in [0.4, 0.5) is 0 Å². The van der Waals surface area contributed by atoms with Crippen LogP contribution in [-0.2, 0) is 4.74 Å². The van der Waals surface area contributed by atoms with Gasteiger partial charge in [0, 0.05) is 11.5 Å². The fraction of sp³-hybridized carbons (Fsp3) is 0.333. The van der Waals surface area contributed by atoms with Crippen molar-refractivity contribution >= 4 is 16.9 Å². The molecule has 0 saturated carbocycles. The Labute approximate surface area is 111 Å². The van der Waals surface area contributed by atoms with E-state index in [2.05, 4.69) is 18.8 Å². The summed E-state index contributed by atoms with van der Waals surface area (Å²) < 4.78 is 4.90. The SMILES string of the molecule is CCOC(=O)c1cc(=O)c2ccc(C(C)C)cc2[nH]1. The summed E-state index contributed by atoms with van der Waals surface area (Å²) in [6.45, 7) is 6.17. The van der Waals surface area contributed by atoms with Crippen LogP contribution in [0.15, 0.2) is 29.1 Å². The summed E-state index contributed by atoms with van der Waals surface area (Å²) in [4.78, 5) is 26.6. The van der Waals surface area contributed by atoms with Gasteiger partial charge >= 0.3 is 5.97 Å². The number of nitrogens with one attached hydrogen (secondary N) is 1. The van der Waals surface area contributed by atoms with Gasteiger partial charge in [-0.25, -0.2) is 4.79 Å². The number of pyridine rings is 1. The third-order valence-electron chi connectivity index (χ3n) is 3.02. The highest BCUT2D eigenvalue weighted by atomic mass is 16.5. The lowest BCUT2D eigenvalue weighted by Crippen LogP contribution is -2.12. The van der Waals surface area contributed by atoms with Crippen LogP contribution in [0.25, 0.3) is 10.9 Å². The maximum absolute atomic E-state index is 12.0. The van der Waals surface area contributed by atoms with Gasteiger partial charge in [-0.2, -0.15) is 0 Å². The van der Waals surface area contributed by atoms with E-state index < -0.39 is 5.97 Å². The third-order valence-corrected chi connectivity index (χ3v) is 3.02. The number of hydrogen-bond acceptors (Lipinski definition) is 3. The molecule has 0 amide bonds. The predicted molar refractivity (Wildman–Crippen MR) is 74.6 cm³/mol. The number of esters is 1.